The summed E-state index contributed by atoms with van der Waals surface area (Å²) in [6.45, 7) is 6.88. The third kappa shape index (κ3) is 2.17. The Morgan fingerprint density at radius 1 is 1.55 bits per heavy atom. The zero-order chi connectivity index (χ0) is 8.27. The molecular weight excluding hydrogens is 136 g/mol. The highest BCUT2D eigenvalue weighted by Crippen LogP contribution is 2.13. The Morgan fingerprint density at radius 3 is 2.82 bits per heavy atom. The van der Waals surface area contributed by atoms with Gasteiger partial charge in [-0.25, -0.2) is 0 Å². The van der Waals surface area contributed by atoms with E-state index in [0.29, 0.717) is 6.04 Å². The van der Waals surface area contributed by atoms with E-state index in [4.69, 9.17) is 0 Å². The maximum absolute atomic E-state index is 3.51. The predicted octanol–water partition coefficient (Wildman–Crippen LogP) is 1.08. The third-order valence-corrected chi connectivity index (χ3v) is 2.79. The molecule has 1 heterocycles. The standard InChI is InChI=1S/C9H20N2/c1-4-11(3)9-6-5-7-10-8(9)2/h8-10H,4-7H2,1-3H3. The summed E-state index contributed by atoms with van der Waals surface area (Å²) in [5.74, 6) is 0. The molecule has 0 aromatic heterocycles. The van der Waals surface area contributed by atoms with Gasteiger partial charge in [0.15, 0.2) is 0 Å². The fourth-order valence-electron chi connectivity index (χ4n) is 1.86. The summed E-state index contributed by atoms with van der Waals surface area (Å²) in [6, 6.07) is 1.43. The Balaban J connectivity index is 2.40. The fraction of sp³-hybridized carbons (Fsp3) is 1.00. The summed E-state index contributed by atoms with van der Waals surface area (Å²) in [5, 5.41) is 3.51. The van der Waals surface area contributed by atoms with Crippen LogP contribution in [0.3, 0.4) is 0 Å². The van der Waals surface area contributed by atoms with Crippen LogP contribution >= 0.6 is 0 Å². The van der Waals surface area contributed by atoms with Crippen molar-refractivity contribution in [3.63, 3.8) is 0 Å². The number of hydrogen-bond donors (Lipinski definition) is 1. The van der Waals surface area contributed by atoms with Crippen LogP contribution in [0.1, 0.15) is 26.7 Å². The van der Waals surface area contributed by atoms with E-state index >= 15 is 0 Å². The van der Waals surface area contributed by atoms with Gasteiger partial charge in [-0.15, -0.1) is 0 Å². The van der Waals surface area contributed by atoms with Gasteiger partial charge in [0.05, 0.1) is 0 Å². The van der Waals surface area contributed by atoms with Gasteiger partial charge < -0.3 is 10.2 Å². The lowest BCUT2D eigenvalue weighted by Gasteiger charge is -2.36. The Labute approximate surface area is 70.0 Å². The van der Waals surface area contributed by atoms with E-state index < -0.39 is 0 Å². The summed E-state index contributed by atoms with van der Waals surface area (Å²) in [5.41, 5.74) is 0. The van der Waals surface area contributed by atoms with Crippen molar-refractivity contribution in [1.82, 2.24) is 10.2 Å². The third-order valence-electron chi connectivity index (χ3n) is 2.79. The van der Waals surface area contributed by atoms with Gasteiger partial charge in [-0.1, -0.05) is 6.92 Å². The Bertz CT molecular complexity index is 110. The molecule has 1 fully saturated rings. The number of likely N-dealkylation sites (N-methyl/N-ethyl adjacent to an activating group) is 1. The second-order valence-electron chi connectivity index (χ2n) is 3.53. The second kappa shape index (κ2) is 4.07. The monoisotopic (exact) mass is 156 g/mol. The fourth-order valence-corrected chi connectivity index (χ4v) is 1.86. The van der Waals surface area contributed by atoms with Crippen molar-refractivity contribution in [3.05, 3.63) is 0 Å². The Morgan fingerprint density at radius 2 is 2.27 bits per heavy atom. The molecule has 2 heteroatoms. The van der Waals surface area contributed by atoms with Crippen LogP contribution in [0.15, 0.2) is 0 Å². The van der Waals surface area contributed by atoms with Crippen LogP contribution in [0.4, 0.5) is 0 Å². The first-order valence-electron chi connectivity index (χ1n) is 4.69. The molecule has 0 radical (unpaired) electrons. The number of piperidine rings is 1. The van der Waals surface area contributed by atoms with E-state index in [-0.39, 0.29) is 0 Å². The van der Waals surface area contributed by atoms with Gasteiger partial charge in [0.1, 0.15) is 0 Å². The number of nitrogens with zero attached hydrogens (tertiary/aromatic N) is 1. The molecule has 1 N–H and O–H groups in total. The number of hydrogen-bond acceptors (Lipinski definition) is 2. The minimum absolute atomic E-state index is 0.675. The van der Waals surface area contributed by atoms with E-state index in [1.807, 2.05) is 0 Å². The average molecular weight is 156 g/mol. The molecule has 0 aromatic carbocycles. The van der Waals surface area contributed by atoms with Crippen molar-refractivity contribution in [2.75, 3.05) is 20.1 Å². The van der Waals surface area contributed by atoms with E-state index in [2.05, 4.69) is 31.1 Å². The Kier molecular flexibility index (Phi) is 3.34. The summed E-state index contributed by atoms with van der Waals surface area (Å²) in [6.07, 6.45) is 2.69. The van der Waals surface area contributed by atoms with Gasteiger partial charge in [-0.2, -0.15) is 0 Å². The maximum Gasteiger partial charge on any atom is 0.0243 e. The molecule has 1 rings (SSSR count). The summed E-state index contributed by atoms with van der Waals surface area (Å²) < 4.78 is 0. The van der Waals surface area contributed by atoms with Gasteiger partial charge in [0.2, 0.25) is 0 Å². The van der Waals surface area contributed by atoms with E-state index in [0.717, 1.165) is 12.6 Å². The second-order valence-corrected chi connectivity index (χ2v) is 3.53. The molecule has 2 atom stereocenters. The van der Waals surface area contributed by atoms with Crippen LogP contribution in [0, 0.1) is 0 Å². The molecule has 2 nitrogen and oxygen atoms in total. The lowest BCUT2D eigenvalue weighted by atomic mass is 9.99. The van der Waals surface area contributed by atoms with Gasteiger partial charge in [0, 0.05) is 12.1 Å². The zero-order valence-corrected chi connectivity index (χ0v) is 7.93. The molecule has 11 heavy (non-hydrogen) atoms. The van der Waals surface area contributed by atoms with Crippen LogP contribution in [0.25, 0.3) is 0 Å². The van der Waals surface area contributed by atoms with Crippen molar-refractivity contribution < 1.29 is 0 Å². The molecule has 1 aliphatic heterocycles. The largest absolute Gasteiger partial charge is 0.313 e. The molecule has 0 aliphatic carbocycles. The predicted molar refractivity (Wildman–Crippen MR) is 48.8 cm³/mol. The molecule has 66 valence electrons. The molecule has 1 saturated heterocycles. The maximum atomic E-state index is 3.51. The SMILES string of the molecule is CCN(C)C1CCCNC1C. The first-order chi connectivity index (χ1) is 5.25. The normalized spacial score (nSPS) is 32.7. The van der Waals surface area contributed by atoms with Crippen molar-refractivity contribution in [1.29, 1.82) is 0 Å². The van der Waals surface area contributed by atoms with E-state index in [9.17, 15) is 0 Å². The van der Waals surface area contributed by atoms with Crippen molar-refractivity contribution in [2.45, 2.75) is 38.8 Å². The molecule has 0 spiro atoms. The quantitative estimate of drug-likeness (QED) is 0.643. The molecule has 0 amide bonds. The zero-order valence-electron chi connectivity index (χ0n) is 7.93. The Hall–Kier alpha value is -0.0800. The molecular formula is C9H20N2. The van der Waals surface area contributed by atoms with Crippen LogP contribution in [0.2, 0.25) is 0 Å². The van der Waals surface area contributed by atoms with Gasteiger partial charge >= 0.3 is 0 Å². The van der Waals surface area contributed by atoms with Gasteiger partial charge in [-0.3, -0.25) is 0 Å². The highest BCUT2D eigenvalue weighted by molar-refractivity contribution is 4.83. The minimum Gasteiger partial charge on any atom is -0.313 e. The summed E-state index contributed by atoms with van der Waals surface area (Å²) >= 11 is 0. The lowest BCUT2D eigenvalue weighted by molar-refractivity contribution is 0.171. The van der Waals surface area contributed by atoms with Crippen molar-refractivity contribution >= 4 is 0 Å². The first-order valence-corrected chi connectivity index (χ1v) is 4.69. The molecule has 2 unspecified atom stereocenters. The highest BCUT2D eigenvalue weighted by atomic mass is 15.2. The minimum atomic E-state index is 0.675. The molecule has 1 aliphatic rings. The number of rotatable bonds is 2. The molecule has 0 aromatic rings. The van der Waals surface area contributed by atoms with Crippen LogP contribution < -0.4 is 5.32 Å². The highest BCUT2D eigenvalue weighted by Gasteiger charge is 2.22. The van der Waals surface area contributed by atoms with E-state index in [1.54, 1.807) is 0 Å². The van der Waals surface area contributed by atoms with Crippen LogP contribution in [0.5, 0.6) is 0 Å². The number of nitrogens with one attached hydrogen (secondary N) is 1. The summed E-state index contributed by atoms with van der Waals surface area (Å²) in [7, 11) is 2.22. The average Bonchev–Trinajstić information content (AvgIpc) is 2.04. The lowest BCUT2D eigenvalue weighted by Crippen LogP contribution is -2.50. The van der Waals surface area contributed by atoms with Crippen molar-refractivity contribution in [3.8, 4) is 0 Å². The smallest absolute Gasteiger partial charge is 0.0243 e. The first kappa shape index (κ1) is 9.01. The van der Waals surface area contributed by atoms with E-state index in [1.165, 1.54) is 19.4 Å². The van der Waals surface area contributed by atoms with Crippen LogP contribution in [-0.2, 0) is 0 Å². The van der Waals surface area contributed by atoms with Gasteiger partial charge in [0.25, 0.3) is 0 Å². The summed E-state index contributed by atoms with van der Waals surface area (Å²) in [4.78, 5) is 2.44. The molecule has 0 bridgehead atoms. The topological polar surface area (TPSA) is 15.3 Å². The van der Waals surface area contributed by atoms with Crippen molar-refractivity contribution in [2.24, 2.45) is 0 Å². The van der Waals surface area contributed by atoms with Crippen LogP contribution in [-0.4, -0.2) is 37.1 Å². The molecule has 0 saturated carbocycles. The van der Waals surface area contributed by atoms with Gasteiger partial charge in [-0.05, 0) is 39.9 Å².